The average molecular weight is 284 g/mol. The minimum Gasteiger partial charge on any atom is -0.478 e. The number of anilines is 1. The number of rotatable bonds is 2. The van der Waals surface area contributed by atoms with Gasteiger partial charge in [0.25, 0.3) is 0 Å². The normalized spacial score (nSPS) is 11.0. The summed E-state index contributed by atoms with van der Waals surface area (Å²) >= 11 is 0. The van der Waals surface area contributed by atoms with Gasteiger partial charge in [-0.25, -0.2) is 9.18 Å². The van der Waals surface area contributed by atoms with E-state index in [1.807, 2.05) is 0 Å². The molecular formula is C16H13FN2O2. The van der Waals surface area contributed by atoms with Crippen LogP contribution in [-0.2, 0) is 0 Å². The molecule has 106 valence electrons. The van der Waals surface area contributed by atoms with E-state index in [0.29, 0.717) is 11.3 Å². The molecule has 0 unspecified atom stereocenters. The van der Waals surface area contributed by atoms with E-state index in [4.69, 9.17) is 10.8 Å². The highest BCUT2D eigenvalue weighted by Crippen LogP contribution is 2.29. The monoisotopic (exact) mass is 284 g/mol. The maximum absolute atomic E-state index is 13.8. The summed E-state index contributed by atoms with van der Waals surface area (Å²) in [4.78, 5) is 10.9. The Morgan fingerprint density at radius 2 is 1.90 bits per heavy atom. The summed E-state index contributed by atoms with van der Waals surface area (Å²) in [5.41, 5.74) is 9.48. The van der Waals surface area contributed by atoms with Crippen molar-refractivity contribution in [3.8, 4) is 11.3 Å². The Bertz CT molecular complexity index is 851. The third-order valence-electron chi connectivity index (χ3n) is 3.51. The molecule has 0 aliphatic rings. The summed E-state index contributed by atoms with van der Waals surface area (Å²) in [5.74, 6) is -1.30. The quantitative estimate of drug-likeness (QED) is 0.758. The predicted molar refractivity (Wildman–Crippen MR) is 78.9 cm³/mol. The maximum atomic E-state index is 13.8. The zero-order valence-corrected chi connectivity index (χ0v) is 11.3. The van der Waals surface area contributed by atoms with E-state index in [2.05, 4.69) is 0 Å². The van der Waals surface area contributed by atoms with Gasteiger partial charge in [-0.2, -0.15) is 0 Å². The molecule has 0 saturated carbocycles. The van der Waals surface area contributed by atoms with Crippen molar-refractivity contribution >= 4 is 17.2 Å². The fourth-order valence-electron chi connectivity index (χ4n) is 2.35. The highest BCUT2D eigenvalue weighted by molar-refractivity contribution is 5.88. The molecule has 0 radical (unpaired) electrons. The Morgan fingerprint density at radius 1 is 1.24 bits per heavy atom. The molecule has 0 aliphatic carbocycles. The predicted octanol–water partition coefficient (Wildman–Crippen LogP) is 3.33. The summed E-state index contributed by atoms with van der Waals surface area (Å²) in [6, 6.07) is 9.84. The van der Waals surface area contributed by atoms with Crippen LogP contribution in [0.2, 0.25) is 0 Å². The Balaban J connectivity index is 2.20. The Hall–Kier alpha value is -2.82. The molecule has 3 aromatic rings. The zero-order chi connectivity index (χ0) is 15.1. The molecule has 0 atom stereocenters. The number of fused-ring (bicyclic) bond motifs is 1. The number of aromatic nitrogens is 1. The van der Waals surface area contributed by atoms with Crippen LogP contribution in [0.15, 0.2) is 42.6 Å². The smallest absolute Gasteiger partial charge is 0.335 e. The molecule has 0 spiro atoms. The molecule has 3 N–H and O–H groups in total. The van der Waals surface area contributed by atoms with E-state index in [1.54, 1.807) is 35.6 Å². The van der Waals surface area contributed by atoms with Gasteiger partial charge in [-0.3, -0.25) is 0 Å². The minimum absolute atomic E-state index is 0.203. The first-order valence-electron chi connectivity index (χ1n) is 6.38. The Labute approximate surface area is 120 Å². The summed E-state index contributed by atoms with van der Waals surface area (Å²) in [7, 11) is 0. The molecule has 0 bridgehead atoms. The van der Waals surface area contributed by atoms with Gasteiger partial charge < -0.3 is 15.2 Å². The van der Waals surface area contributed by atoms with Gasteiger partial charge in [-0.1, -0.05) is 12.1 Å². The molecule has 2 aromatic heterocycles. The molecule has 0 fully saturated rings. The molecule has 2 heterocycles. The first kappa shape index (κ1) is 13.2. The highest BCUT2D eigenvalue weighted by atomic mass is 19.1. The summed E-state index contributed by atoms with van der Waals surface area (Å²) < 4.78 is 15.5. The molecular weight excluding hydrogens is 271 g/mol. The van der Waals surface area contributed by atoms with Crippen molar-refractivity contribution in [2.45, 2.75) is 6.92 Å². The minimum atomic E-state index is -0.984. The number of nitrogens with two attached hydrogens (primary N) is 1. The van der Waals surface area contributed by atoms with Crippen molar-refractivity contribution in [2.24, 2.45) is 0 Å². The average Bonchev–Trinajstić information content (AvgIpc) is 2.76. The number of hydrogen-bond donors (Lipinski definition) is 2. The molecule has 21 heavy (non-hydrogen) atoms. The van der Waals surface area contributed by atoms with E-state index >= 15 is 0 Å². The number of aryl methyl sites for hydroxylation is 1. The molecule has 0 aliphatic heterocycles. The molecule has 1 aromatic carbocycles. The van der Waals surface area contributed by atoms with Crippen molar-refractivity contribution in [3.05, 3.63) is 59.5 Å². The number of pyridine rings is 1. The van der Waals surface area contributed by atoms with Gasteiger partial charge in [0.15, 0.2) is 0 Å². The number of carboxylic acids is 1. The number of nitrogens with zero attached hydrogens (tertiary/aromatic N) is 1. The largest absolute Gasteiger partial charge is 0.478 e. The van der Waals surface area contributed by atoms with Gasteiger partial charge in [0.05, 0.1) is 22.5 Å². The second-order valence-electron chi connectivity index (χ2n) is 4.93. The standard InChI is InChI=1S/C16H13FN2O2/c1-9-6-15-13(18)7-14(19(15)8-12(9)17)10-2-4-11(5-3-10)16(20)21/h2-8H,18H2,1H3,(H,20,21). The molecule has 0 amide bonds. The van der Waals surface area contributed by atoms with Crippen molar-refractivity contribution < 1.29 is 14.3 Å². The lowest BCUT2D eigenvalue weighted by Gasteiger charge is -2.05. The van der Waals surface area contributed by atoms with E-state index in [-0.39, 0.29) is 11.4 Å². The van der Waals surface area contributed by atoms with Gasteiger partial charge in [0.2, 0.25) is 0 Å². The third-order valence-corrected chi connectivity index (χ3v) is 3.51. The van der Waals surface area contributed by atoms with Gasteiger partial charge in [-0.15, -0.1) is 0 Å². The fraction of sp³-hybridized carbons (Fsp3) is 0.0625. The molecule has 5 heteroatoms. The van der Waals surface area contributed by atoms with E-state index in [1.165, 1.54) is 18.3 Å². The SMILES string of the molecule is Cc1cc2c(N)cc(-c3ccc(C(=O)O)cc3)n2cc1F. The number of aromatic carboxylic acids is 1. The number of benzene rings is 1. The maximum Gasteiger partial charge on any atom is 0.335 e. The van der Waals surface area contributed by atoms with Crippen LogP contribution in [-0.4, -0.2) is 15.5 Å². The van der Waals surface area contributed by atoms with Crippen LogP contribution in [0.1, 0.15) is 15.9 Å². The third kappa shape index (κ3) is 2.12. The first-order valence-corrected chi connectivity index (χ1v) is 6.38. The zero-order valence-electron chi connectivity index (χ0n) is 11.3. The van der Waals surface area contributed by atoms with Crippen LogP contribution in [0.25, 0.3) is 16.8 Å². The van der Waals surface area contributed by atoms with Crippen molar-refractivity contribution in [1.29, 1.82) is 0 Å². The Kier molecular flexibility index (Phi) is 2.90. The van der Waals surface area contributed by atoms with E-state index < -0.39 is 5.97 Å². The topological polar surface area (TPSA) is 67.7 Å². The van der Waals surface area contributed by atoms with Gasteiger partial charge in [0, 0.05) is 6.20 Å². The van der Waals surface area contributed by atoms with Crippen LogP contribution in [0.5, 0.6) is 0 Å². The molecule has 3 rings (SSSR count). The summed E-state index contributed by atoms with van der Waals surface area (Å²) in [5, 5.41) is 8.91. The number of carbonyl (C=O) groups is 1. The van der Waals surface area contributed by atoms with Crippen LogP contribution in [0, 0.1) is 12.7 Å². The van der Waals surface area contributed by atoms with E-state index in [0.717, 1.165) is 16.8 Å². The van der Waals surface area contributed by atoms with Gasteiger partial charge in [-0.05, 0) is 42.3 Å². The van der Waals surface area contributed by atoms with Crippen LogP contribution < -0.4 is 5.73 Å². The number of halogens is 1. The second-order valence-corrected chi connectivity index (χ2v) is 4.93. The van der Waals surface area contributed by atoms with Crippen molar-refractivity contribution in [2.75, 3.05) is 5.73 Å². The van der Waals surface area contributed by atoms with Crippen LogP contribution in [0.3, 0.4) is 0 Å². The lowest BCUT2D eigenvalue weighted by molar-refractivity contribution is 0.0697. The highest BCUT2D eigenvalue weighted by Gasteiger charge is 2.12. The van der Waals surface area contributed by atoms with Crippen molar-refractivity contribution in [1.82, 2.24) is 4.40 Å². The molecule has 4 nitrogen and oxygen atoms in total. The van der Waals surface area contributed by atoms with Crippen LogP contribution in [0.4, 0.5) is 10.1 Å². The second kappa shape index (κ2) is 4.63. The summed E-state index contributed by atoms with van der Waals surface area (Å²) in [6.07, 6.45) is 1.39. The Morgan fingerprint density at radius 3 is 2.52 bits per heavy atom. The van der Waals surface area contributed by atoms with Crippen molar-refractivity contribution in [3.63, 3.8) is 0 Å². The number of carboxylic acid groups (broad SMARTS) is 1. The van der Waals surface area contributed by atoms with E-state index in [9.17, 15) is 9.18 Å². The first-order chi connectivity index (χ1) is 9.97. The number of nitrogen functional groups attached to an aromatic ring is 1. The van der Waals surface area contributed by atoms with Crippen LogP contribution >= 0.6 is 0 Å². The number of hydrogen-bond acceptors (Lipinski definition) is 2. The fourth-order valence-corrected chi connectivity index (χ4v) is 2.35. The lowest BCUT2D eigenvalue weighted by Crippen LogP contribution is -1.96. The lowest BCUT2D eigenvalue weighted by atomic mass is 10.1. The van der Waals surface area contributed by atoms with Gasteiger partial charge in [0.1, 0.15) is 5.82 Å². The van der Waals surface area contributed by atoms with Gasteiger partial charge >= 0.3 is 5.97 Å². The molecule has 0 saturated heterocycles. The summed E-state index contributed by atoms with van der Waals surface area (Å²) in [6.45, 7) is 1.68.